The molecule has 0 spiro atoms. The van der Waals surface area contributed by atoms with Gasteiger partial charge >= 0.3 is 6.03 Å². The van der Waals surface area contributed by atoms with Crippen molar-refractivity contribution in [3.8, 4) is 0 Å². The summed E-state index contributed by atoms with van der Waals surface area (Å²) in [7, 11) is 1.79. The van der Waals surface area contributed by atoms with Crippen molar-refractivity contribution in [2.75, 3.05) is 13.6 Å². The summed E-state index contributed by atoms with van der Waals surface area (Å²) in [6.07, 6.45) is 6.07. The monoisotopic (exact) mass is 345 g/mol. The quantitative estimate of drug-likeness (QED) is 0.796. The van der Waals surface area contributed by atoms with Crippen molar-refractivity contribution in [1.29, 1.82) is 0 Å². The molecular weight excluding hydrogens is 314 g/mol. The van der Waals surface area contributed by atoms with Gasteiger partial charge in [0.1, 0.15) is 0 Å². The molecule has 0 saturated heterocycles. The fourth-order valence-corrected chi connectivity index (χ4v) is 3.37. The minimum absolute atomic E-state index is 0.0348. The predicted octanol–water partition coefficient (Wildman–Crippen LogP) is 3.30. The van der Waals surface area contributed by atoms with Crippen LogP contribution in [0, 0.1) is 5.92 Å². The molecule has 5 nitrogen and oxygen atoms in total. The molecule has 5 heteroatoms. The van der Waals surface area contributed by atoms with Gasteiger partial charge < -0.3 is 15.5 Å². The minimum Gasteiger partial charge on any atom is -0.341 e. The number of nitrogens with zero attached hydrogens (tertiary/aromatic N) is 1. The molecule has 0 unspecified atom stereocenters. The number of nitrogens with one attached hydrogen (secondary N) is 2. The van der Waals surface area contributed by atoms with E-state index in [-0.39, 0.29) is 18.0 Å². The molecule has 0 aromatic heterocycles. The average molecular weight is 345 g/mol. The van der Waals surface area contributed by atoms with Gasteiger partial charge in [-0.05, 0) is 37.2 Å². The van der Waals surface area contributed by atoms with Gasteiger partial charge in [-0.15, -0.1) is 0 Å². The smallest absolute Gasteiger partial charge is 0.315 e. The molecule has 0 heterocycles. The van der Waals surface area contributed by atoms with E-state index in [1.54, 1.807) is 11.9 Å². The highest BCUT2D eigenvalue weighted by molar-refractivity contribution is 5.78. The zero-order chi connectivity index (χ0) is 18.1. The lowest BCUT2D eigenvalue weighted by molar-refractivity contribution is -0.130. The summed E-state index contributed by atoms with van der Waals surface area (Å²) >= 11 is 0. The third kappa shape index (κ3) is 6.77. The molecule has 25 heavy (non-hydrogen) atoms. The second kappa shape index (κ2) is 10.1. The second-order valence-corrected chi connectivity index (χ2v) is 7.01. The maximum Gasteiger partial charge on any atom is 0.315 e. The first-order valence-electron chi connectivity index (χ1n) is 9.40. The van der Waals surface area contributed by atoms with E-state index >= 15 is 0 Å². The molecule has 1 fully saturated rings. The topological polar surface area (TPSA) is 61.4 Å². The van der Waals surface area contributed by atoms with Crippen LogP contribution in [0.15, 0.2) is 30.3 Å². The van der Waals surface area contributed by atoms with Crippen LogP contribution in [0.3, 0.4) is 0 Å². The minimum atomic E-state index is -0.154. The van der Waals surface area contributed by atoms with Crippen molar-refractivity contribution in [1.82, 2.24) is 15.5 Å². The van der Waals surface area contributed by atoms with Gasteiger partial charge in [0.25, 0.3) is 0 Å². The molecule has 0 atom stereocenters. The summed E-state index contributed by atoms with van der Waals surface area (Å²) in [6, 6.07) is 10.0. The number of rotatable bonds is 7. The zero-order valence-electron chi connectivity index (χ0n) is 15.5. The highest BCUT2D eigenvalue weighted by Crippen LogP contribution is 2.26. The number of carbonyl (C=O) groups is 2. The van der Waals surface area contributed by atoms with E-state index in [1.165, 1.54) is 19.3 Å². The Kier molecular flexibility index (Phi) is 7.76. The van der Waals surface area contributed by atoms with Crippen LogP contribution in [-0.4, -0.2) is 36.5 Å². The Morgan fingerprint density at radius 2 is 1.80 bits per heavy atom. The average Bonchev–Trinajstić information content (AvgIpc) is 2.63. The molecule has 138 valence electrons. The number of amides is 3. The molecule has 1 saturated carbocycles. The Labute approximate surface area is 151 Å². The van der Waals surface area contributed by atoms with Crippen LogP contribution < -0.4 is 10.6 Å². The van der Waals surface area contributed by atoms with Gasteiger partial charge in [-0.2, -0.15) is 0 Å². The maximum atomic E-state index is 12.1. The van der Waals surface area contributed by atoms with Crippen LogP contribution in [-0.2, 0) is 11.3 Å². The summed E-state index contributed by atoms with van der Waals surface area (Å²) in [4.78, 5) is 25.8. The fraction of sp³-hybridized carbons (Fsp3) is 0.600. The predicted molar refractivity (Wildman–Crippen MR) is 100 cm³/mol. The summed E-state index contributed by atoms with van der Waals surface area (Å²) in [6.45, 7) is 3.19. The third-order valence-corrected chi connectivity index (χ3v) is 5.07. The van der Waals surface area contributed by atoms with Crippen LogP contribution >= 0.6 is 0 Å². The van der Waals surface area contributed by atoms with E-state index in [0.717, 1.165) is 24.3 Å². The lowest BCUT2D eigenvalue weighted by atomic mass is 9.85. The van der Waals surface area contributed by atoms with Gasteiger partial charge in [0.2, 0.25) is 5.91 Å². The Hall–Kier alpha value is -2.04. The van der Waals surface area contributed by atoms with Crippen LogP contribution in [0.2, 0.25) is 0 Å². The summed E-state index contributed by atoms with van der Waals surface area (Å²) in [5.41, 5.74) is 1.10. The summed E-state index contributed by atoms with van der Waals surface area (Å²) < 4.78 is 0. The van der Waals surface area contributed by atoms with E-state index in [9.17, 15) is 9.59 Å². The molecule has 0 aliphatic heterocycles. The van der Waals surface area contributed by atoms with Gasteiger partial charge in [0.05, 0.1) is 0 Å². The molecule has 1 aliphatic rings. The zero-order valence-corrected chi connectivity index (χ0v) is 15.5. The highest BCUT2D eigenvalue weighted by atomic mass is 16.2. The van der Waals surface area contributed by atoms with Crippen molar-refractivity contribution < 1.29 is 9.59 Å². The molecule has 3 amide bonds. The first-order valence-corrected chi connectivity index (χ1v) is 9.40. The van der Waals surface area contributed by atoms with Crippen molar-refractivity contribution in [2.24, 2.45) is 5.92 Å². The number of hydrogen-bond donors (Lipinski definition) is 2. The Morgan fingerprint density at radius 3 is 2.44 bits per heavy atom. The van der Waals surface area contributed by atoms with Gasteiger partial charge in [-0.1, -0.05) is 43.7 Å². The first kappa shape index (κ1) is 19.3. The molecule has 0 radical (unpaired) electrons. The molecule has 2 rings (SSSR count). The Bertz CT molecular complexity index is 539. The summed E-state index contributed by atoms with van der Waals surface area (Å²) in [5.74, 6) is 0.853. The Balaban J connectivity index is 1.61. The molecule has 0 bridgehead atoms. The molecule has 1 aliphatic carbocycles. The van der Waals surface area contributed by atoms with Gasteiger partial charge in [-0.3, -0.25) is 4.79 Å². The lowest BCUT2D eigenvalue weighted by Crippen LogP contribution is -2.44. The number of carbonyl (C=O) groups excluding carboxylic acids is 2. The van der Waals surface area contributed by atoms with Crippen molar-refractivity contribution in [3.05, 3.63) is 35.9 Å². The molecule has 1 aromatic carbocycles. The lowest BCUT2D eigenvalue weighted by Gasteiger charge is -2.28. The van der Waals surface area contributed by atoms with Gasteiger partial charge in [0.15, 0.2) is 0 Å². The Morgan fingerprint density at radius 1 is 1.12 bits per heavy atom. The SMILES string of the molecule is CCC1CCC(NC(=O)NCCC(=O)N(C)Cc2ccccc2)CC1. The van der Waals surface area contributed by atoms with Crippen LogP contribution in [0.1, 0.15) is 51.0 Å². The molecular formula is C20H31N3O2. The van der Waals surface area contributed by atoms with E-state index in [2.05, 4.69) is 17.6 Å². The normalized spacial score (nSPS) is 19.9. The number of urea groups is 1. The van der Waals surface area contributed by atoms with Gasteiger partial charge in [-0.25, -0.2) is 4.79 Å². The summed E-state index contributed by atoms with van der Waals surface area (Å²) in [5, 5.41) is 5.84. The van der Waals surface area contributed by atoms with E-state index < -0.39 is 0 Å². The van der Waals surface area contributed by atoms with E-state index in [0.29, 0.717) is 19.5 Å². The highest BCUT2D eigenvalue weighted by Gasteiger charge is 2.21. The van der Waals surface area contributed by atoms with E-state index in [1.807, 2.05) is 30.3 Å². The van der Waals surface area contributed by atoms with Crippen molar-refractivity contribution in [2.45, 2.75) is 58.0 Å². The van der Waals surface area contributed by atoms with Gasteiger partial charge in [0, 0.05) is 32.6 Å². The second-order valence-electron chi connectivity index (χ2n) is 7.01. The molecule has 2 N–H and O–H groups in total. The van der Waals surface area contributed by atoms with Crippen LogP contribution in [0.5, 0.6) is 0 Å². The number of hydrogen-bond acceptors (Lipinski definition) is 2. The molecule has 1 aromatic rings. The third-order valence-electron chi connectivity index (χ3n) is 5.07. The van der Waals surface area contributed by atoms with Crippen LogP contribution in [0.4, 0.5) is 4.79 Å². The van der Waals surface area contributed by atoms with Crippen LogP contribution in [0.25, 0.3) is 0 Å². The number of benzene rings is 1. The van der Waals surface area contributed by atoms with Crippen molar-refractivity contribution in [3.63, 3.8) is 0 Å². The fourth-order valence-electron chi connectivity index (χ4n) is 3.37. The van der Waals surface area contributed by atoms with Crippen molar-refractivity contribution >= 4 is 11.9 Å². The maximum absolute atomic E-state index is 12.1. The first-order chi connectivity index (χ1) is 12.1. The largest absolute Gasteiger partial charge is 0.341 e. The van der Waals surface area contributed by atoms with E-state index in [4.69, 9.17) is 0 Å². The standard InChI is InChI=1S/C20H31N3O2/c1-3-16-9-11-18(12-10-16)22-20(25)21-14-13-19(24)23(2)15-17-7-5-4-6-8-17/h4-8,16,18H,3,9-15H2,1-2H3,(H2,21,22,25).